The molecule has 0 aliphatic heterocycles. The third-order valence-corrected chi connectivity index (χ3v) is 3.14. The number of benzene rings is 1. The van der Waals surface area contributed by atoms with E-state index in [9.17, 15) is 4.79 Å². The molecule has 1 aromatic carbocycles. The smallest absolute Gasteiger partial charge is 0.255 e. The molecular formula is C15H17ClN2O. The van der Waals surface area contributed by atoms with Gasteiger partial charge in [-0.05, 0) is 12.5 Å². The van der Waals surface area contributed by atoms with Crippen LogP contribution in [0.2, 0.25) is 5.15 Å². The van der Waals surface area contributed by atoms with E-state index in [-0.39, 0.29) is 16.6 Å². The number of halogens is 1. The Hall–Kier alpha value is -1.61. The van der Waals surface area contributed by atoms with Crippen LogP contribution in [0, 0.1) is 6.92 Å². The Labute approximate surface area is 117 Å². The quantitative estimate of drug-likeness (QED) is 0.806. The molecule has 1 aromatic heterocycles. The molecule has 0 unspecified atom stereocenters. The molecule has 1 heterocycles. The number of hydrogen-bond donors (Lipinski definition) is 0. The normalized spacial score (nSPS) is 11.0. The predicted octanol–water partition coefficient (Wildman–Crippen LogP) is 3.38. The maximum absolute atomic E-state index is 12.1. The van der Waals surface area contributed by atoms with Crippen LogP contribution in [0.1, 0.15) is 36.7 Å². The number of rotatable bonds is 3. The fourth-order valence-corrected chi connectivity index (χ4v) is 2.27. The monoisotopic (exact) mass is 276 g/mol. The first-order valence-corrected chi connectivity index (χ1v) is 6.68. The van der Waals surface area contributed by atoms with E-state index in [1.165, 1.54) is 11.6 Å². The van der Waals surface area contributed by atoms with Crippen molar-refractivity contribution in [3.8, 4) is 0 Å². The maximum Gasteiger partial charge on any atom is 0.255 e. The molecule has 4 heteroatoms. The molecule has 0 radical (unpaired) electrons. The maximum atomic E-state index is 12.1. The highest BCUT2D eigenvalue weighted by Gasteiger charge is 2.11. The van der Waals surface area contributed by atoms with Gasteiger partial charge in [-0.3, -0.25) is 9.36 Å². The first-order valence-electron chi connectivity index (χ1n) is 6.30. The third kappa shape index (κ3) is 3.24. The summed E-state index contributed by atoms with van der Waals surface area (Å²) in [5.74, 6) is 0.871. The van der Waals surface area contributed by atoms with Gasteiger partial charge >= 0.3 is 0 Å². The van der Waals surface area contributed by atoms with Gasteiger partial charge in [-0.2, -0.15) is 0 Å². The molecule has 0 atom stereocenters. The van der Waals surface area contributed by atoms with Crippen molar-refractivity contribution >= 4 is 11.6 Å². The lowest BCUT2D eigenvalue weighted by molar-refractivity contribution is 0.624. The lowest BCUT2D eigenvalue weighted by atomic mass is 10.1. The van der Waals surface area contributed by atoms with E-state index in [4.69, 9.17) is 11.6 Å². The Morgan fingerprint density at radius 3 is 2.68 bits per heavy atom. The molecule has 0 saturated heterocycles. The summed E-state index contributed by atoms with van der Waals surface area (Å²) in [5, 5.41) is 0.259. The van der Waals surface area contributed by atoms with Crippen LogP contribution >= 0.6 is 11.6 Å². The van der Waals surface area contributed by atoms with Crippen LogP contribution in [0.4, 0.5) is 0 Å². The van der Waals surface area contributed by atoms with E-state index in [1.807, 2.05) is 39.0 Å². The van der Waals surface area contributed by atoms with Gasteiger partial charge in [0, 0.05) is 12.0 Å². The van der Waals surface area contributed by atoms with Crippen molar-refractivity contribution in [2.45, 2.75) is 33.2 Å². The van der Waals surface area contributed by atoms with E-state index >= 15 is 0 Å². The lowest BCUT2D eigenvalue weighted by Crippen LogP contribution is -2.25. The van der Waals surface area contributed by atoms with Gasteiger partial charge in [-0.15, -0.1) is 0 Å². The van der Waals surface area contributed by atoms with Gasteiger partial charge in [0.15, 0.2) is 0 Å². The minimum absolute atomic E-state index is 0.106. The summed E-state index contributed by atoms with van der Waals surface area (Å²) in [5.41, 5.74) is 2.16. The van der Waals surface area contributed by atoms with Crippen molar-refractivity contribution in [2.75, 3.05) is 0 Å². The van der Waals surface area contributed by atoms with Crippen molar-refractivity contribution in [1.82, 2.24) is 9.55 Å². The number of aromatic nitrogens is 2. The van der Waals surface area contributed by atoms with Crippen LogP contribution in [-0.4, -0.2) is 9.55 Å². The minimum Gasteiger partial charge on any atom is -0.292 e. The summed E-state index contributed by atoms with van der Waals surface area (Å²) < 4.78 is 1.69. The number of aryl methyl sites for hydroxylation is 1. The Morgan fingerprint density at radius 1 is 1.32 bits per heavy atom. The van der Waals surface area contributed by atoms with Gasteiger partial charge in [0.05, 0.1) is 6.54 Å². The zero-order valence-electron chi connectivity index (χ0n) is 11.4. The van der Waals surface area contributed by atoms with Gasteiger partial charge in [-0.25, -0.2) is 4.98 Å². The summed E-state index contributed by atoms with van der Waals surface area (Å²) in [6.45, 7) is 6.57. The van der Waals surface area contributed by atoms with Gasteiger partial charge in [0.2, 0.25) is 0 Å². The van der Waals surface area contributed by atoms with Crippen molar-refractivity contribution < 1.29 is 0 Å². The largest absolute Gasteiger partial charge is 0.292 e. The molecule has 0 bridgehead atoms. The zero-order valence-corrected chi connectivity index (χ0v) is 12.1. The molecule has 2 rings (SSSR count). The van der Waals surface area contributed by atoms with E-state index in [1.54, 1.807) is 4.57 Å². The summed E-state index contributed by atoms with van der Waals surface area (Å²) in [7, 11) is 0. The summed E-state index contributed by atoms with van der Waals surface area (Å²) in [6, 6.07) is 9.48. The van der Waals surface area contributed by atoms with Crippen LogP contribution in [-0.2, 0) is 6.54 Å². The lowest BCUT2D eigenvalue weighted by Gasteiger charge is -2.15. The van der Waals surface area contributed by atoms with Gasteiger partial charge in [0.1, 0.15) is 11.0 Å². The van der Waals surface area contributed by atoms with Crippen LogP contribution in [0.3, 0.4) is 0 Å². The molecular weight excluding hydrogens is 260 g/mol. The Kier molecular flexibility index (Phi) is 4.05. The Morgan fingerprint density at radius 2 is 2.05 bits per heavy atom. The predicted molar refractivity (Wildman–Crippen MR) is 77.9 cm³/mol. The van der Waals surface area contributed by atoms with Crippen molar-refractivity contribution in [3.63, 3.8) is 0 Å². The first kappa shape index (κ1) is 13.8. The van der Waals surface area contributed by atoms with Crippen molar-refractivity contribution in [3.05, 3.63) is 62.8 Å². The van der Waals surface area contributed by atoms with E-state index in [0.717, 1.165) is 11.4 Å². The summed E-state index contributed by atoms with van der Waals surface area (Å²) in [6.07, 6.45) is 0. The van der Waals surface area contributed by atoms with Crippen molar-refractivity contribution in [2.24, 2.45) is 0 Å². The van der Waals surface area contributed by atoms with Crippen LogP contribution in [0.25, 0.3) is 0 Å². The molecule has 0 fully saturated rings. The van der Waals surface area contributed by atoms with Gasteiger partial charge in [0.25, 0.3) is 5.56 Å². The average molecular weight is 277 g/mol. The molecule has 3 nitrogen and oxygen atoms in total. The number of hydrogen-bond acceptors (Lipinski definition) is 2. The van der Waals surface area contributed by atoms with E-state index in [0.29, 0.717) is 6.54 Å². The number of nitrogens with zero attached hydrogens (tertiary/aromatic N) is 2. The molecule has 0 amide bonds. The molecule has 0 spiro atoms. The van der Waals surface area contributed by atoms with Crippen LogP contribution in [0.5, 0.6) is 0 Å². The van der Waals surface area contributed by atoms with E-state index in [2.05, 4.69) is 11.1 Å². The highest BCUT2D eigenvalue weighted by Crippen LogP contribution is 2.14. The Balaban J connectivity index is 2.47. The molecule has 2 aromatic rings. The molecule has 100 valence electrons. The van der Waals surface area contributed by atoms with E-state index < -0.39 is 0 Å². The SMILES string of the molecule is Cc1cccc(Cn2c(C(C)C)nc(Cl)cc2=O)c1. The third-order valence-electron chi connectivity index (χ3n) is 2.95. The standard InChI is InChI=1S/C15H17ClN2O/c1-10(2)15-17-13(16)8-14(19)18(15)9-12-6-4-5-11(3)7-12/h4-8,10H,9H2,1-3H3. The van der Waals surface area contributed by atoms with Gasteiger partial charge in [-0.1, -0.05) is 55.3 Å². The molecule has 0 N–H and O–H groups in total. The highest BCUT2D eigenvalue weighted by molar-refractivity contribution is 6.29. The minimum atomic E-state index is -0.106. The second-order valence-electron chi connectivity index (χ2n) is 5.01. The fraction of sp³-hybridized carbons (Fsp3) is 0.333. The fourth-order valence-electron chi connectivity index (χ4n) is 2.09. The average Bonchev–Trinajstić information content (AvgIpc) is 2.32. The summed E-state index contributed by atoms with van der Waals surface area (Å²) >= 11 is 5.87. The topological polar surface area (TPSA) is 34.9 Å². The first-order chi connectivity index (χ1) is 8.97. The molecule has 0 aliphatic carbocycles. The van der Waals surface area contributed by atoms with Gasteiger partial charge < -0.3 is 0 Å². The van der Waals surface area contributed by atoms with Crippen LogP contribution < -0.4 is 5.56 Å². The second kappa shape index (κ2) is 5.57. The van der Waals surface area contributed by atoms with Crippen molar-refractivity contribution in [1.29, 1.82) is 0 Å². The Bertz CT molecular complexity index is 647. The second-order valence-corrected chi connectivity index (χ2v) is 5.39. The molecule has 0 saturated carbocycles. The summed E-state index contributed by atoms with van der Waals surface area (Å²) in [4.78, 5) is 16.4. The van der Waals surface area contributed by atoms with Crippen LogP contribution in [0.15, 0.2) is 35.1 Å². The molecule has 0 aliphatic rings. The highest BCUT2D eigenvalue weighted by atomic mass is 35.5. The zero-order chi connectivity index (χ0) is 14.0. The molecule has 19 heavy (non-hydrogen) atoms.